The van der Waals surface area contributed by atoms with Gasteiger partial charge in [-0.15, -0.1) is 0 Å². The monoisotopic (exact) mass is 312 g/mol. The van der Waals surface area contributed by atoms with E-state index in [1.54, 1.807) is 6.07 Å². The van der Waals surface area contributed by atoms with Crippen molar-refractivity contribution in [1.29, 1.82) is 0 Å². The molecule has 0 saturated carbocycles. The molecule has 0 bridgehead atoms. The molecule has 3 aromatic carbocycles. The molecule has 0 radical (unpaired) electrons. The predicted octanol–water partition coefficient (Wildman–Crippen LogP) is 4.34. The Hall–Kier alpha value is -3.40. The Morgan fingerprint density at radius 3 is 2.58 bits per heavy atom. The second kappa shape index (κ2) is 4.55. The summed E-state index contributed by atoms with van der Waals surface area (Å²) in [4.78, 5) is 20.2. The minimum atomic E-state index is -0.158. The maximum absolute atomic E-state index is 12.8. The van der Waals surface area contributed by atoms with Crippen molar-refractivity contribution in [2.75, 3.05) is 0 Å². The van der Waals surface area contributed by atoms with Crippen LogP contribution in [0.25, 0.3) is 21.7 Å². The van der Waals surface area contributed by atoms with Gasteiger partial charge in [0.25, 0.3) is 0 Å². The van der Waals surface area contributed by atoms with Crippen molar-refractivity contribution >= 4 is 38.9 Å². The number of H-pyrrole nitrogens is 1. The Bertz CT molecular complexity index is 1180. The van der Waals surface area contributed by atoms with Crippen LogP contribution in [0.1, 0.15) is 15.9 Å². The van der Waals surface area contributed by atoms with Crippen LogP contribution in [0.3, 0.4) is 0 Å². The number of Topliss-reactive ketones (excluding diaryl/α,β-unsaturated/α-hetero) is 1. The molecule has 0 amide bonds. The molecule has 114 valence electrons. The molecule has 2 N–H and O–H groups in total. The highest BCUT2D eigenvalue weighted by molar-refractivity contribution is 6.57. The quantitative estimate of drug-likeness (QED) is 0.549. The Balaban J connectivity index is 1.87. The number of rotatable bonds is 1. The van der Waals surface area contributed by atoms with E-state index in [9.17, 15) is 9.90 Å². The molecule has 0 unspecified atom stereocenters. The van der Waals surface area contributed by atoms with Gasteiger partial charge in [0.15, 0.2) is 5.88 Å². The van der Waals surface area contributed by atoms with Gasteiger partial charge in [-0.05, 0) is 29.0 Å². The average molecular weight is 312 g/mol. The first-order chi connectivity index (χ1) is 11.7. The predicted molar refractivity (Wildman–Crippen MR) is 94.4 cm³/mol. The van der Waals surface area contributed by atoms with E-state index in [0.717, 1.165) is 21.7 Å². The van der Waals surface area contributed by atoms with Gasteiger partial charge in [-0.1, -0.05) is 42.5 Å². The number of benzene rings is 3. The van der Waals surface area contributed by atoms with Crippen molar-refractivity contribution in [2.24, 2.45) is 4.99 Å². The van der Waals surface area contributed by atoms with Gasteiger partial charge in [0.05, 0.1) is 11.3 Å². The fraction of sp³-hybridized carbons (Fsp3) is 0. The number of aromatic nitrogens is 1. The molecular formula is C20H12N2O2. The lowest BCUT2D eigenvalue weighted by Gasteiger charge is -2.03. The summed E-state index contributed by atoms with van der Waals surface area (Å²) in [7, 11) is 0. The number of carbonyl (C=O) groups excluding carboxylic acids is 1. The standard InChI is InChI=1S/C20H12N2O2/c23-19-13-7-3-4-8-14(13)21-18(19)17-16-12-6-2-1-5-11(12)9-10-15(16)22-20(17)24/h1-10,22,24H. The highest BCUT2D eigenvalue weighted by Gasteiger charge is 2.30. The molecular weight excluding hydrogens is 300 g/mol. The van der Waals surface area contributed by atoms with Crippen molar-refractivity contribution in [2.45, 2.75) is 0 Å². The van der Waals surface area contributed by atoms with Gasteiger partial charge < -0.3 is 10.1 Å². The molecule has 1 aliphatic heterocycles. The first kappa shape index (κ1) is 13.1. The Morgan fingerprint density at radius 1 is 0.917 bits per heavy atom. The fourth-order valence-corrected chi connectivity index (χ4v) is 3.42. The van der Waals surface area contributed by atoms with Gasteiger partial charge in [0.2, 0.25) is 5.78 Å². The lowest BCUT2D eigenvalue weighted by molar-refractivity contribution is 0.107. The summed E-state index contributed by atoms with van der Waals surface area (Å²) in [5, 5.41) is 13.3. The van der Waals surface area contributed by atoms with E-state index in [-0.39, 0.29) is 17.4 Å². The van der Waals surface area contributed by atoms with Crippen LogP contribution in [0, 0.1) is 0 Å². The van der Waals surface area contributed by atoms with Gasteiger partial charge in [-0.25, -0.2) is 4.99 Å². The van der Waals surface area contributed by atoms with E-state index in [4.69, 9.17) is 0 Å². The Labute approximate surface area is 137 Å². The normalized spacial score (nSPS) is 13.5. The number of carbonyl (C=O) groups is 1. The third-order valence-corrected chi connectivity index (χ3v) is 4.50. The zero-order chi connectivity index (χ0) is 16.3. The van der Waals surface area contributed by atoms with Crippen molar-refractivity contribution in [1.82, 2.24) is 4.98 Å². The van der Waals surface area contributed by atoms with Crippen LogP contribution in [-0.2, 0) is 0 Å². The SMILES string of the molecule is O=C1C(c2c(O)[nH]c3ccc4ccccc4c23)=Nc2ccccc21. The third kappa shape index (κ3) is 1.62. The molecule has 0 spiro atoms. The van der Waals surface area contributed by atoms with Crippen molar-refractivity contribution in [3.05, 3.63) is 71.8 Å². The summed E-state index contributed by atoms with van der Waals surface area (Å²) in [5.74, 6) is -0.184. The van der Waals surface area contributed by atoms with Crippen molar-refractivity contribution in [3.63, 3.8) is 0 Å². The number of aromatic amines is 1. The fourth-order valence-electron chi connectivity index (χ4n) is 3.42. The molecule has 1 aromatic heterocycles. The molecule has 24 heavy (non-hydrogen) atoms. The number of hydrogen-bond acceptors (Lipinski definition) is 3. The molecule has 2 heterocycles. The molecule has 4 heteroatoms. The van der Waals surface area contributed by atoms with Gasteiger partial charge in [0, 0.05) is 16.5 Å². The number of ketones is 1. The van der Waals surface area contributed by atoms with Crippen LogP contribution in [0.2, 0.25) is 0 Å². The number of aromatic hydroxyl groups is 1. The molecule has 0 fully saturated rings. The highest BCUT2D eigenvalue weighted by atomic mass is 16.3. The minimum Gasteiger partial charge on any atom is -0.494 e. The number of aliphatic imine (C=N–C) groups is 1. The third-order valence-electron chi connectivity index (χ3n) is 4.50. The van der Waals surface area contributed by atoms with Crippen LogP contribution in [0.15, 0.2) is 65.7 Å². The van der Waals surface area contributed by atoms with E-state index in [1.807, 2.05) is 54.6 Å². The topological polar surface area (TPSA) is 65.4 Å². The highest BCUT2D eigenvalue weighted by Crippen LogP contribution is 2.38. The molecule has 0 atom stereocenters. The van der Waals surface area contributed by atoms with E-state index in [1.165, 1.54) is 0 Å². The summed E-state index contributed by atoms with van der Waals surface area (Å²) in [6, 6.07) is 19.1. The van der Waals surface area contributed by atoms with Gasteiger partial charge in [-0.2, -0.15) is 0 Å². The van der Waals surface area contributed by atoms with Gasteiger partial charge >= 0.3 is 0 Å². The van der Waals surface area contributed by atoms with Crippen molar-refractivity contribution < 1.29 is 9.90 Å². The van der Waals surface area contributed by atoms with Crippen LogP contribution >= 0.6 is 0 Å². The maximum atomic E-state index is 12.8. The first-order valence-corrected chi connectivity index (χ1v) is 7.69. The van der Waals surface area contributed by atoms with Gasteiger partial charge in [-0.3, -0.25) is 4.79 Å². The number of fused-ring (bicyclic) bond motifs is 4. The first-order valence-electron chi connectivity index (χ1n) is 7.69. The molecule has 4 nitrogen and oxygen atoms in total. The Morgan fingerprint density at radius 2 is 1.71 bits per heavy atom. The summed E-state index contributed by atoms with van der Waals surface area (Å²) in [5.41, 5.74) is 2.76. The second-order valence-electron chi connectivity index (χ2n) is 5.86. The van der Waals surface area contributed by atoms with E-state index >= 15 is 0 Å². The largest absolute Gasteiger partial charge is 0.494 e. The molecule has 4 aromatic rings. The number of hydrogen-bond donors (Lipinski definition) is 2. The maximum Gasteiger partial charge on any atom is 0.214 e. The van der Waals surface area contributed by atoms with Crippen LogP contribution < -0.4 is 0 Å². The van der Waals surface area contributed by atoms with Crippen LogP contribution in [-0.4, -0.2) is 21.6 Å². The van der Waals surface area contributed by atoms with E-state index in [2.05, 4.69) is 9.98 Å². The van der Waals surface area contributed by atoms with E-state index in [0.29, 0.717) is 16.8 Å². The smallest absolute Gasteiger partial charge is 0.214 e. The molecule has 0 aliphatic carbocycles. The number of nitrogens with zero attached hydrogens (tertiary/aromatic N) is 1. The molecule has 1 aliphatic rings. The lowest BCUT2D eigenvalue weighted by atomic mass is 9.98. The lowest BCUT2D eigenvalue weighted by Crippen LogP contribution is -2.10. The zero-order valence-corrected chi connectivity index (χ0v) is 12.6. The number of para-hydroxylation sites is 1. The average Bonchev–Trinajstić information content (AvgIpc) is 3.12. The summed E-state index contributed by atoms with van der Waals surface area (Å²) >= 11 is 0. The van der Waals surface area contributed by atoms with E-state index < -0.39 is 0 Å². The summed E-state index contributed by atoms with van der Waals surface area (Å²) in [6.45, 7) is 0. The van der Waals surface area contributed by atoms with Gasteiger partial charge in [0.1, 0.15) is 5.71 Å². The molecule has 5 rings (SSSR count). The summed E-state index contributed by atoms with van der Waals surface area (Å²) < 4.78 is 0. The van der Waals surface area contributed by atoms with Crippen LogP contribution in [0.4, 0.5) is 5.69 Å². The molecule has 0 saturated heterocycles. The van der Waals surface area contributed by atoms with Crippen LogP contribution in [0.5, 0.6) is 5.88 Å². The second-order valence-corrected chi connectivity index (χ2v) is 5.86. The zero-order valence-electron chi connectivity index (χ0n) is 12.6. The minimum absolute atomic E-state index is 0.0266. The summed E-state index contributed by atoms with van der Waals surface area (Å²) in [6.07, 6.45) is 0. The number of nitrogens with one attached hydrogen (secondary N) is 1. The van der Waals surface area contributed by atoms with Crippen molar-refractivity contribution in [3.8, 4) is 5.88 Å². The Kier molecular flexibility index (Phi) is 2.48.